The second kappa shape index (κ2) is 7.38. The van der Waals surface area contributed by atoms with E-state index < -0.39 is 15.4 Å². The first-order valence-corrected chi connectivity index (χ1v) is 8.98. The Kier molecular flexibility index (Phi) is 6.42. The summed E-state index contributed by atoms with van der Waals surface area (Å²) in [4.78, 5) is 13.8. The van der Waals surface area contributed by atoms with Crippen molar-refractivity contribution in [1.29, 1.82) is 0 Å². The third-order valence-electron chi connectivity index (χ3n) is 3.56. The highest BCUT2D eigenvalue weighted by Crippen LogP contribution is 2.13. The molecule has 0 aliphatic carbocycles. The Bertz CT molecular complexity index is 420. The van der Waals surface area contributed by atoms with Crippen molar-refractivity contribution in [2.45, 2.75) is 38.6 Å². The van der Waals surface area contributed by atoms with Crippen LogP contribution in [0.15, 0.2) is 0 Å². The van der Waals surface area contributed by atoms with Crippen LogP contribution in [0.2, 0.25) is 0 Å². The van der Waals surface area contributed by atoms with E-state index in [1.165, 1.54) is 0 Å². The maximum atomic E-state index is 11.6. The average Bonchev–Trinajstić information content (AvgIpc) is 2.51. The molecule has 1 aliphatic rings. The molecule has 1 fully saturated rings. The fourth-order valence-electron chi connectivity index (χ4n) is 2.28. The lowest BCUT2D eigenvalue weighted by molar-refractivity contribution is -0.149. The number of sulfone groups is 1. The molecule has 1 aliphatic heterocycles. The maximum absolute atomic E-state index is 11.6. The van der Waals surface area contributed by atoms with Crippen LogP contribution in [-0.4, -0.2) is 62.6 Å². The number of hydrogen-bond donors (Lipinski definition) is 1. The first-order chi connectivity index (χ1) is 9.27. The van der Waals surface area contributed by atoms with Crippen molar-refractivity contribution >= 4 is 15.8 Å². The summed E-state index contributed by atoms with van der Waals surface area (Å²) in [6, 6.07) is 0. The molecule has 0 bridgehead atoms. The van der Waals surface area contributed by atoms with Gasteiger partial charge in [0.25, 0.3) is 0 Å². The first kappa shape index (κ1) is 17.4. The number of esters is 1. The number of carbonyl (C=O) groups is 1. The van der Waals surface area contributed by atoms with Crippen LogP contribution >= 0.6 is 0 Å². The molecule has 0 spiro atoms. The molecule has 1 unspecified atom stereocenters. The molecule has 0 aromatic heterocycles. The van der Waals surface area contributed by atoms with Crippen LogP contribution in [0.5, 0.6) is 0 Å². The largest absolute Gasteiger partial charge is 0.465 e. The highest BCUT2D eigenvalue weighted by Gasteiger charge is 2.29. The van der Waals surface area contributed by atoms with Gasteiger partial charge in [-0.15, -0.1) is 0 Å². The average molecular weight is 306 g/mol. The lowest BCUT2D eigenvalue weighted by atomic mass is 9.97. The SMILES string of the molecule is CCOC(=O)C(C)(N)CCCN1CCCS(=O)(=O)CC1. The van der Waals surface area contributed by atoms with Crippen molar-refractivity contribution in [1.82, 2.24) is 4.90 Å². The number of carbonyl (C=O) groups excluding carboxylic acids is 1. The zero-order valence-corrected chi connectivity index (χ0v) is 13.2. The molecule has 0 saturated carbocycles. The Morgan fingerprint density at radius 2 is 2.05 bits per heavy atom. The first-order valence-electron chi connectivity index (χ1n) is 7.16. The standard InChI is InChI=1S/C13H26N2O4S/c1-3-19-12(16)13(2,14)6-4-7-15-8-5-10-20(17,18)11-9-15/h3-11,14H2,1-2H3. The van der Waals surface area contributed by atoms with E-state index in [1.807, 2.05) is 0 Å². The molecular formula is C13H26N2O4S. The molecule has 6 nitrogen and oxygen atoms in total. The second-order valence-corrected chi connectivity index (χ2v) is 7.89. The predicted octanol–water partition coefficient (Wildman–Crippen LogP) is 0.168. The van der Waals surface area contributed by atoms with Gasteiger partial charge in [0.15, 0.2) is 9.84 Å². The molecule has 0 aromatic carbocycles. The number of rotatable bonds is 6. The Morgan fingerprint density at radius 3 is 2.70 bits per heavy atom. The highest BCUT2D eigenvalue weighted by molar-refractivity contribution is 7.91. The van der Waals surface area contributed by atoms with Gasteiger partial charge in [-0.05, 0) is 46.2 Å². The predicted molar refractivity (Wildman–Crippen MR) is 78.2 cm³/mol. The number of hydrogen-bond acceptors (Lipinski definition) is 6. The molecule has 1 heterocycles. The van der Waals surface area contributed by atoms with E-state index in [1.54, 1.807) is 13.8 Å². The lowest BCUT2D eigenvalue weighted by Gasteiger charge is -2.24. The van der Waals surface area contributed by atoms with Crippen LogP contribution in [-0.2, 0) is 19.4 Å². The van der Waals surface area contributed by atoms with Crippen molar-refractivity contribution in [2.75, 3.05) is 37.7 Å². The molecule has 1 atom stereocenters. The summed E-state index contributed by atoms with van der Waals surface area (Å²) in [5.41, 5.74) is 4.98. The minimum Gasteiger partial charge on any atom is -0.465 e. The highest BCUT2D eigenvalue weighted by atomic mass is 32.2. The molecule has 0 radical (unpaired) electrons. The summed E-state index contributed by atoms with van der Waals surface area (Å²) in [6.07, 6.45) is 1.97. The molecule has 1 rings (SSSR count). The molecule has 0 amide bonds. The Balaban J connectivity index is 2.35. The van der Waals surface area contributed by atoms with Crippen LogP contribution in [0.1, 0.15) is 33.1 Å². The lowest BCUT2D eigenvalue weighted by Crippen LogP contribution is -2.46. The smallest absolute Gasteiger partial charge is 0.325 e. The Hall–Kier alpha value is -0.660. The van der Waals surface area contributed by atoms with Crippen LogP contribution in [0.25, 0.3) is 0 Å². The van der Waals surface area contributed by atoms with Gasteiger partial charge in [0.05, 0.1) is 18.1 Å². The monoisotopic (exact) mass is 306 g/mol. The van der Waals surface area contributed by atoms with E-state index in [0.717, 1.165) is 19.5 Å². The van der Waals surface area contributed by atoms with Crippen LogP contribution in [0, 0.1) is 0 Å². The van der Waals surface area contributed by atoms with Crippen molar-refractivity contribution < 1.29 is 17.9 Å². The van der Waals surface area contributed by atoms with Gasteiger partial charge in [0.1, 0.15) is 5.54 Å². The van der Waals surface area contributed by atoms with E-state index in [-0.39, 0.29) is 17.5 Å². The summed E-state index contributed by atoms with van der Waals surface area (Å²) in [5.74, 6) is 0.129. The minimum atomic E-state index is -2.87. The number of nitrogens with two attached hydrogens (primary N) is 1. The maximum Gasteiger partial charge on any atom is 0.325 e. The van der Waals surface area contributed by atoms with Gasteiger partial charge < -0.3 is 15.4 Å². The fraction of sp³-hybridized carbons (Fsp3) is 0.923. The third kappa shape index (κ3) is 5.76. The van der Waals surface area contributed by atoms with Crippen molar-refractivity contribution in [3.63, 3.8) is 0 Å². The summed E-state index contributed by atoms with van der Waals surface area (Å²) in [5, 5.41) is 0. The Morgan fingerprint density at radius 1 is 1.35 bits per heavy atom. The third-order valence-corrected chi connectivity index (χ3v) is 5.28. The summed E-state index contributed by atoms with van der Waals surface area (Å²) < 4.78 is 27.9. The van der Waals surface area contributed by atoms with Gasteiger partial charge in [-0.25, -0.2) is 8.42 Å². The molecule has 0 aromatic rings. The minimum absolute atomic E-state index is 0.227. The van der Waals surface area contributed by atoms with Gasteiger partial charge in [0.2, 0.25) is 0 Å². The second-order valence-electron chi connectivity index (χ2n) is 5.59. The van der Waals surface area contributed by atoms with Crippen molar-refractivity contribution in [3.8, 4) is 0 Å². The zero-order valence-electron chi connectivity index (χ0n) is 12.4. The summed E-state index contributed by atoms with van der Waals surface area (Å²) >= 11 is 0. The van der Waals surface area contributed by atoms with E-state index in [9.17, 15) is 13.2 Å². The zero-order chi connectivity index (χ0) is 15.2. The van der Waals surface area contributed by atoms with Crippen LogP contribution in [0.3, 0.4) is 0 Å². The molecular weight excluding hydrogens is 280 g/mol. The van der Waals surface area contributed by atoms with E-state index in [0.29, 0.717) is 26.0 Å². The van der Waals surface area contributed by atoms with Crippen LogP contribution < -0.4 is 5.73 Å². The fourth-order valence-corrected chi connectivity index (χ4v) is 3.59. The topological polar surface area (TPSA) is 89.7 Å². The van der Waals surface area contributed by atoms with E-state index >= 15 is 0 Å². The van der Waals surface area contributed by atoms with Gasteiger partial charge in [-0.3, -0.25) is 4.79 Å². The molecule has 1 saturated heterocycles. The summed E-state index contributed by atoms with van der Waals surface area (Å²) in [7, 11) is -2.87. The van der Waals surface area contributed by atoms with Crippen molar-refractivity contribution in [3.05, 3.63) is 0 Å². The van der Waals surface area contributed by atoms with Gasteiger partial charge in [-0.1, -0.05) is 0 Å². The van der Waals surface area contributed by atoms with Gasteiger partial charge >= 0.3 is 5.97 Å². The summed E-state index contributed by atoms with van der Waals surface area (Å²) in [6.45, 7) is 5.89. The molecule has 2 N–H and O–H groups in total. The normalized spacial score (nSPS) is 22.8. The van der Waals surface area contributed by atoms with Gasteiger partial charge in [0, 0.05) is 6.54 Å². The molecule has 20 heavy (non-hydrogen) atoms. The number of nitrogens with zero attached hydrogens (tertiary/aromatic N) is 1. The quantitative estimate of drug-likeness (QED) is 0.704. The number of ether oxygens (including phenoxy) is 1. The van der Waals surface area contributed by atoms with Crippen molar-refractivity contribution in [2.24, 2.45) is 5.73 Å². The molecule has 118 valence electrons. The molecule has 7 heteroatoms. The Labute approximate surface area is 121 Å². The van der Waals surface area contributed by atoms with Gasteiger partial charge in [-0.2, -0.15) is 0 Å². The van der Waals surface area contributed by atoms with Crippen LogP contribution in [0.4, 0.5) is 0 Å². The van der Waals surface area contributed by atoms with E-state index in [4.69, 9.17) is 10.5 Å². The van der Waals surface area contributed by atoms with E-state index in [2.05, 4.69) is 4.90 Å².